The van der Waals surface area contributed by atoms with Crippen LogP contribution in [0.4, 0.5) is 0 Å². The van der Waals surface area contributed by atoms with Crippen LogP contribution in [-0.2, 0) is 9.31 Å². The second-order valence-electron chi connectivity index (χ2n) is 6.85. The third-order valence-corrected chi connectivity index (χ3v) is 4.76. The van der Waals surface area contributed by atoms with Crippen LogP contribution < -0.4 is 14.9 Å². The van der Waals surface area contributed by atoms with E-state index in [1.807, 2.05) is 52.1 Å². The van der Waals surface area contributed by atoms with Gasteiger partial charge in [0.25, 0.3) is 0 Å². The number of hydrogen-bond acceptors (Lipinski definition) is 5. The first kappa shape index (κ1) is 16.9. The smallest absolute Gasteiger partial charge is 0.493 e. The van der Waals surface area contributed by atoms with Gasteiger partial charge in [0.2, 0.25) is 0 Å². The van der Waals surface area contributed by atoms with Crippen molar-refractivity contribution in [3.05, 3.63) is 30.6 Å². The van der Waals surface area contributed by atoms with Gasteiger partial charge in [-0.25, -0.2) is 4.68 Å². The van der Waals surface area contributed by atoms with Gasteiger partial charge in [-0.05, 0) is 39.8 Å². The molecule has 1 fully saturated rings. The molecule has 0 saturated carbocycles. The lowest BCUT2D eigenvalue weighted by molar-refractivity contribution is 0.00578. The molecule has 0 bridgehead atoms. The van der Waals surface area contributed by atoms with Crippen molar-refractivity contribution in [1.82, 2.24) is 9.78 Å². The van der Waals surface area contributed by atoms with Gasteiger partial charge < -0.3 is 18.8 Å². The van der Waals surface area contributed by atoms with E-state index in [9.17, 15) is 0 Å². The van der Waals surface area contributed by atoms with Crippen LogP contribution in [0.2, 0.25) is 0 Å². The average Bonchev–Trinajstić information content (AvgIpc) is 3.10. The quantitative estimate of drug-likeness (QED) is 0.805. The molecular weight excluding hydrogens is 307 g/mol. The van der Waals surface area contributed by atoms with Gasteiger partial charge in [-0.3, -0.25) is 0 Å². The lowest BCUT2D eigenvalue weighted by Crippen LogP contribution is -2.41. The summed E-state index contributed by atoms with van der Waals surface area (Å²) >= 11 is 0. The van der Waals surface area contributed by atoms with E-state index in [4.69, 9.17) is 18.8 Å². The third kappa shape index (κ3) is 2.78. The molecule has 1 saturated heterocycles. The fraction of sp³-hybridized carbons (Fsp3) is 0.471. The van der Waals surface area contributed by atoms with Crippen LogP contribution in [0, 0.1) is 0 Å². The minimum absolute atomic E-state index is 0.372. The molecule has 2 heterocycles. The Labute approximate surface area is 142 Å². The molecular formula is C17H23BN2O4. The molecule has 1 aliphatic rings. The molecule has 7 heteroatoms. The average molecular weight is 330 g/mol. The molecule has 6 nitrogen and oxygen atoms in total. The summed E-state index contributed by atoms with van der Waals surface area (Å²) in [4.78, 5) is 0. The van der Waals surface area contributed by atoms with Gasteiger partial charge in [0.15, 0.2) is 11.5 Å². The molecule has 0 spiro atoms. The van der Waals surface area contributed by atoms with Crippen LogP contribution in [0.25, 0.3) is 5.69 Å². The van der Waals surface area contributed by atoms with Crippen molar-refractivity contribution in [2.45, 2.75) is 38.9 Å². The Kier molecular flexibility index (Phi) is 4.09. The molecule has 1 aromatic carbocycles. The largest absolute Gasteiger partial charge is 0.498 e. The first-order valence-electron chi connectivity index (χ1n) is 7.90. The topological polar surface area (TPSA) is 54.7 Å². The van der Waals surface area contributed by atoms with Crippen molar-refractivity contribution in [2.24, 2.45) is 0 Å². The molecule has 2 aromatic rings. The molecule has 0 amide bonds. The molecule has 1 aromatic heterocycles. The zero-order valence-corrected chi connectivity index (χ0v) is 15.0. The van der Waals surface area contributed by atoms with E-state index < -0.39 is 7.12 Å². The minimum atomic E-state index is -0.427. The van der Waals surface area contributed by atoms with E-state index in [1.165, 1.54) is 0 Å². The molecule has 128 valence electrons. The van der Waals surface area contributed by atoms with Crippen LogP contribution in [0.5, 0.6) is 11.5 Å². The second kappa shape index (κ2) is 5.83. The summed E-state index contributed by atoms with van der Waals surface area (Å²) in [6.07, 6.45) is 3.67. The lowest BCUT2D eigenvalue weighted by Gasteiger charge is -2.32. The summed E-state index contributed by atoms with van der Waals surface area (Å²) in [5, 5.41) is 4.42. The molecule has 0 atom stereocenters. The highest BCUT2D eigenvalue weighted by molar-refractivity contribution is 6.62. The van der Waals surface area contributed by atoms with E-state index in [-0.39, 0.29) is 11.2 Å². The Balaban J connectivity index is 1.87. The Morgan fingerprint density at radius 3 is 2.21 bits per heavy atom. The van der Waals surface area contributed by atoms with Crippen molar-refractivity contribution >= 4 is 12.6 Å². The summed E-state index contributed by atoms with van der Waals surface area (Å²) in [5.41, 5.74) is 1.01. The maximum atomic E-state index is 6.06. The maximum Gasteiger partial charge on any atom is 0.498 e. The highest BCUT2D eigenvalue weighted by Gasteiger charge is 2.52. The highest BCUT2D eigenvalue weighted by atomic mass is 16.7. The predicted molar refractivity (Wildman–Crippen MR) is 92.4 cm³/mol. The minimum Gasteiger partial charge on any atom is -0.493 e. The number of methoxy groups -OCH3 is 2. The number of rotatable bonds is 4. The summed E-state index contributed by atoms with van der Waals surface area (Å²) in [6.45, 7) is 8.13. The normalized spacial score (nSPS) is 18.7. The van der Waals surface area contributed by atoms with Gasteiger partial charge in [0.1, 0.15) is 0 Å². The van der Waals surface area contributed by atoms with Crippen LogP contribution >= 0.6 is 0 Å². The standard InChI is InChI=1S/C17H23BN2O4/c1-16(2)17(3,4)24-18(23-16)12-10-19-20(11-12)13-7-8-14(21-5)15(9-13)22-6/h7-11H,1-6H3. The van der Waals surface area contributed by atoms with Gasteiger partial charge in [-0.1, -0.05) is 0 Å². The van der Waals surface area contributed by atoms with E-state index in [2.05, 4.69) is 5.10 Å². The molecule has 0 radical (unpaired) electrons. The van der Waals surface area contributed by atoms with Crippen LogP contribution in [-0.4, -0.2) is 42.3 Å². The third-order valence-electron chi connectivity index (χ3n) is 4.76. The molecule has 0 aliphatic carbocycles. The molecule has 0 N–H and O–H groups in total. The molecule has 1 aliphatic heterocycles. The Morgan fingerprint density at radius 2 is 1.62 bits per heavy atom. The highest BCUT2D eigenvalue weighted by Crippen LogP contribution is 2.36. The molecule has 24 heavy (non-hydrogen) atoms. The molecule has 0 unspecified atom stereocenters. The van der Waals surface area contributed by atoms with E-state index in [0.29, 0.717) is 11.5 Å². The lowest BCUT2D eigenvalue weighted by atomic mass is 9.82. The van der Waals surface area contributed by atoms with Gasteiger partial charge in [0, 0.05) is 23.9 Å². The van der Waals surface area contributed by atoms with E-state index >= 15 is 0 Å². The van der Waals surface area contributed by atoms with Crippen LogP contribution in [0.15, 0.2) is 30.6 Å². The Bertz CT molecular complexity index is 726. The zero-order valence-electron chi connectivity index (χ0n) is 15.0. The number of benzene rings is 1. The van der Waals surface area contributed by atoms with E-state index in [1.54, 1.807) is 25.1 Å². The van der Waals surface area contributed by atoms with Crippen molar-refractivity contribution in [1.29, 1.82) is 0 Å². The maximum absolute atomic E-state index is 6.06. The zero-order chi connectivity index (χ0) is 17.5. The van der Waals surface area contributed by atoms with Crippen molar-refractivity contribution in [3.63, 3.8) is 0 Å². The van der Waals surface area contributed by atoms with Gasteiger partial charge in [-0.2, -0.15) is 5.10 Å². The van der Waals surface area contributed by atoms with Gasteiger partial charge >= 0.3 is 7.12 Å². The number of nitrogens with zero attached hydrogens (tertiary/aromatic N) is 2. The summed E-state index contributed by atoms with van der Waals surface area (Å²) in [5.74, 6) is 1.34. The Morgan fingerprint density at radius 1 is 1.00 bits per heavy atom. The van der Waals surface area contributed by atoms with Gasteiger partial charge in [0.05, 0.1) is 31.1 Å². The van der Waals surface area contributed by atoms with Gasteiger partial charge in [-0.15, -0.1) is 0 Å². The van der Waals surface area contributed by atoms with Crippen LogP contribution in [0.3, 0.4) is 0 Å². The molecule has 3 rings (SSSR count). The van der Waals surface area contributed by atoms with Crippen molar-refractivity contribution in [2.75, 3.05) is 14.2 Å². The van der Waals surface area contributed by atoms with Crippen molar-refractivity contribution in [3.8, 4) is 17.2 Å². The summed E-state index contributed by atoms with van der Waals surface area (Å²) in [6, 6.07) is 5.65. The number of aromatic nitrogens is 2. The predicted octanol–water partition coefficient (Wildman–Crippen LogP) is 2.19. The van der Waals surface area contributed by atoms with Crippen molar-refractivity contribution < 1.29 is 18.8 Å². The fourth-order valence-corrected chi connectivity index (χ4v) is 2.55. The summed E-state index contributed by atoms with van der Waals surface area (Å²) < 4.78 is 24.5. The number of hydrogen-bond donors (Lipinski definition) is 0. The Hall–Kier alpha value is -1.99. The fourth-order valence-electron chi connectivity index (χ4n) is 2.55. The SMILES string of the molecule is COc1ccc(-n2cc(B3OC(C)(C)C(C)(C)O3)cn2)cc1OC. The summed E-state index contributed by atoms with van der Waals surface area (Å²) in [7, 11) is 2.80. The monoisotopic (exact) mass is 330 g/mol. The second-order valence-corrected chi connectivity index (χ2v) is 6.85. The first-order chi connectivity index (χ1) is 11.3. The van der Waals surface area contributed by atoms with E-state index in [0.717, 1.165) is 11.2 Å². The van der Waals surface area contributed by atoms with Crippen LogP contribution in [0.1, 0.15) is 27.7 Å². The first-order valence-corrected chi connectivity index (χ1v) is 7.90. The number of ether oxygens (including phenoxy) is 2.